The first kappa shape index (κ1) is 16.5. The number of anilines is 1. The Hall–Kier alpha value is -1.91. The molecule has 10 heteroatoms. The van der Waals surface area contributed by atoms with Crippen LogP contribution in [0.2, 0.25) is 0 Å². The maximum Gasteiger partial charge on any atom is 0.352 e. The van der Waals surface area contributed by atoms with Gasteiger partial charge in [0.25, 0.3) is 0 Å². The Morgan fingerprint density at radius 1 is 1.18 bits per heavy atom. The van der Waals surface area contributed by atoms with Crippen LogP contribution in [-0.2, 0) is 20.1 Å². The summed E-state index contributed by atoms with van der Waals surface area (Å²) in [4.78, 5) is 0.293. The summed E-state index contributed by atoms with van der Waals surface area (Å²) < 4.78 is 49.0. The molecule has 0 radical (unpaired) electrons. The maximum absolute atomic E-state index is 13.0. The van der Waals surface area contributed by atoms with Crippen LogP contribution in [-0.4, -0.2) is 36.2 Å². The van der Waals surface area contributed by atoms with Gasteiger partial charge in [0.15, 0.2) is 15.7 Å². The molecule has 0 aliphatic rings. The number of rotatable bonds is 5. The summed E-state index contributed by atoms with van der Waals surface area (Å²) in [5, 5.41) is 3.52. The molecule has 1 aromatic heterocycles. The number of hydrogen-bond acceptors (Lipinski definition) is 5. The van der Waals surface area contributed by atoms with Crippen LogP contribution in [0, 0.1) is 6.92 Å². The van der Waals surface area contributed by atoms with E-state index in [1.807, 2.05) is 0 Å². The summed E-state index contributed by atoms with van der Waals surface area (Å²) in [5.41, 5.74) is 0. The van der Waals surface area contributed by atoms with Gasteiger partial charge in [-0.15, -0.1) is 0 Å². The van der Waals surface area contributed by atoms with E-state index in [4.69, 9.17) is 4.52 Å². The van der Waals surface area contributed by atoms with Gasteiger partial charge >= 0.3 is 10.2 Å². The highest BCUT2D eigenvalue weighted by Crippen LogP contribution is 2.19. The second-order valence-corrected chi connectivity index (χ2v) is 8.54. The van der Waals surface area contributed by atoms with Crippen LogP contribution in [0.4, 0.5) is 5.82 Å². The lowest BCUT2D eigenvalue weighted by Gasteiger charge is -2.16. The normalized spacial score (nSPS) is 14.5. The van der Waals surface area contributed by atoms with Gasteiger partial charge in [0, 0.05) is 20.2 Å². The molecule has 0 aliphatic carbocycles. The maximum atomic E-state index is 13.0. The standard InChI is InChI=1S/C12H16N4O4S2/c1-10-9-12(13-20-10)14-22(18,19)15-21(17,16(2)3)11-7-5-4-6-8-11/h4-9H,1-3H3,(H,13,14). The molecule has 0 bridgehead atoms. The lowest BCUT2D eigenvalue weighted by atomic mass is 10.4. The van der Waals surface area contributed by atoms with Crippen molar-refractivity contribution in [1.29, 1.82) is 0 Å². The molecule has 0 saturated heterocycles. The molecule has 1 unspecified atom stereocenters. The van der Waals surface area contributed by atoms with Crippen molar-refractivity contribution >= 4 is 25.9 Å². The van der Waals surface area contributed by atoms with Gasteiger partial charge in [-0.25, -0.2) is 13.2 Å². The van der Waals surface area contributed by atoms with E-state index in [1.54, 1.807) is 37.3 Å². The van der Waals surface area contributed by atoms with Gasteiger partial charge in [-0.1, -0.05) is 27.1 Å². The molecule has 22 heavy (non-hydrogen) atoms. The molecular weight excluding hydrogens is 328 g/mol. The predicted octanol–water partition coefficient (Wildman–Crippen LogP) is 1.64. The van der Waals surface area contributed by atoms with Crippen LogP contribution >= 0.6 is 0 Å². The largest absolute Gasteiger partial charge is 0.360 e. The molecule has 0 fully saturated rings. The Morgan fingerprint density at radius 3 is 2.32 bits per heavy atom. The van der Waals surface area contributed by atoms with E-state index in [0.29, 0.717) is 10.7 Å². The Bertz CT molecular complexity index is 866. The highest BCUT2D eigenvalue weighted by molar-refractivity contribution is 8.02. The summed E-state index contributed by atoms with van der Waals surface area (Å²) in [5.74, 6) is 0.420. The topological polar surface area (TPSA) is 105 Å². The van der Waals surface area contributed by atoms with Crippen molar-refractivity contribution in [2.75, 3.05) is 18.8 Å². The van der Waals surface area contributed by atoms with Crippen LogP contribution in [0.15, 0.2) is 49.6 Å². The van der Waals surface area contributed by atoms with Crippen LogP contribution in [0.25, 0.3) is 0 Å². The SMILES string of the molecule is Cc1cc(NS(=O)(=O)N=S(=O)(c2ccccc2)N(C)C)no1. The Labute approximate surface area is 129 Å². The minimum absolute atomic E-state index is 0.0187. The minimum atomic E-state index is -4.24. The van der Waals surface area contributed by atoms with Crippen molar-refractivity contribution in [3.8, 4) is 0 Å². The van der Waals surface area contributed by atoms with Gasteiger partial charge in [0.2, 0.25) is 0 Å². The van der Waals surface area contributed by atoms with Gasteiger partial charge in [-0.2, -0.15) is 8.42 Å². The van der Waals surface area contributed by atoms with E-state index in [0.717, 1.165) is 0 Å². The molecule has 2 aromatic rings. The van der Waals surface area contributed by atoms with Crippen molar-refractivity contribution in [2.45, 2.75) is 11.8 Å². The minimum Gasteiger partial charge on any atom is -0.360 e. The molecule has 1 atom stereocenters. The Balaban J connectivity index is 2.48. The van der Waals surface area contributed by atoms with E-state index < -0.39 is 20.1 Å². The fourth-order valence-corrected chi connectivity index (χ4v) is 5.00. The molecule has 0 spiro atoms. The van der Waals surface area contributed by atoms with Crippen LogP contribution in [0.3, 0.4) is 0 Å². The van der Waals surface area contributed by atoms with E-state index in [2.05, 4.69) is 13.6 Å². The summed E-state index contributed by atoms with van der Waals surface area (Å²) in [6.45, 7) is 1.62. The summed E-state index contributed by atoms with van der Waals surface area (Å²) in [6, 6.07) is 9.57. The molecule has 120 valence electrons. The van der Waals surface area contributed by atoms with E-state index in [-0.39, 0.29) is 5.82 Å². The summed E-state index contributed by atoms with van der Waals surface area (Å²) in [6.07, 6.45) is 0. The number of hydrogen-bond donors (Lipinski definition) is 1. The van der Waals surface area contributed by atoms with E-state index >= 15 is 0 Å². The van der Waals surface area contributed by atoms with Crippen molar-refractivity contribution in [2.24, 2.45) is 3.77 Å². The van der Waals surface area contributed by atoms with Crippen LogP contribution in [0.1, 0.15) is 5.76 Å². The fraction of sp³-hybridized carbons (Fsp3) is 0.250. The predicted molar refractivity (Wildman–Crippen MR) is 82.7 cm³/mol. The quantitative estimate of drug-likeness (QED) is 0.888. The third kappa shape index (κ3) is 3.64. The average Bonchev–Trinajstić information content (AvgIpc) is 2.83. The molecular formula is C12H16N4O4S2. The average molecular weight is 344 g/mol. The van der Waals surface area contributed by atoms with Gasteiger partial charge in [0.1, 0.15) is 5.76 Å². The zero-order chi connectivity index (χ0) is 16.4. The van der Waals surface area contributed by atoms with Crippen molar-refractivity contribution in [3.05, 3.63) is 42.2 Å². The summed E-state index contributed by atoms with van der Waals surface area (Å²) >= 11 is 0. The molecule has 1 N–H and O–H groups in total. The van der Waals surface area contributed by atoms with E-state index in [1.165, 1.54) is 24.5 Å². The molecule has 0 aliphatic heterocycles. The van der Waals surface area contributed by atoms with Gasteiger partial charge in [-0.3, -0.25) is 0 Å². The zero-order valence-corrected chi connectivity index (χ0v) is 13.9. The van der Waals surface area contributed by atoms with Crippen molar-refractivity contribution in [1.82, 2.24) is 9.46 Å². The smallest absolute Gasteiger partial charge is 0.352 e. The Morgan fingerprint density at radius 2 is 1.82 bits per heavy atom. The number of nitrogens with zero attached hydrogens (tertiary/aromatic N) is 3. The van der Waals surface area contributed by atoms with Gasteiger partial charge in [0.05, 0.1) is 4.90 Å². The van der Waals surface area contributed by atoms with Crippen LogP contribution < -0.4 is 4.72 Å². The third-order valence-electron chi connectivity index (χ3n) is 2.61. The second-order valence-electron chi connectivity index (χ2n) is 4.60. The van der Waals surface area contributed by atoms with E-state index in [9.17, 15) is 12.6 Å². The van der Waals surface area contributed by atoms with Crippen LogP contribution in [0.5, 0.6) is 0 Å². The molecule has 1 aromatic carbocycles. The first-order chi connectivity index (χ1) is 10.2. The van der Waals surface area contributed by atoms with Gasteiger partial charge < -0.3 is 4.52 Å². The molecule has 8 nitrogen and oxygen atoms in total. The monoisotopic (exact) mass is 344 g/mol. The molecule has 1 heterocycles. The first-order valence-corrected chi connectivity index (χ1v) is 9.11. The molecule has 0 saturated carbocycles. The van der Waals surface area contributed by atoms with Crippen molar-refractivity contribution < 1.29 is 17.1 Å². The zero-order valence-electron chi connectivity index (χ0n) is 12.3. The highest BCUT2D eigenvalue weighted by atomic mass is 32.3. The number of aromatic nitrogens is 1. The lowest BCUT2D eigenvalue weighted by molar-refractivity contribution is 0.400. The Kier molecular flexibility index (Phi) is 4.54. The van der Waals surface area contributed by atoms with Crippen molar-refractivity contribution in [3.63, 3.8) is 0 Å². The second kappa shape index (κ2) is 6.07. The summed E-state index contributed by atoms with van der Waals surface area (Å²) in [7, 11) is -4.55. The molecule has 0 amide bonds. The highest BCUT2D eigenvalue weighted by Gasteiger charge is 2.21. The lowest BCUT2D eigenvalue weighted by Crippen LogP contribution is -2.25. The first-order valence-electron chi connectivity index (χ1n) is 6.20. The molecule has 2 rings (SSSR count). The fourth-order valence-electron chi connectivity index (χ4n) is 1.62. The number of benzene rings is 1. The number of aryl methyl sites for hydroxylation is 1. The van der Waals surface area contributed by atoms with Gasteiger partial charge in [-0.05, 0) is 19.1 Å². The third-order valence-corrected chi connectivity index (χ3v) is 6.54. The number of nitrogens with one attached hydrogen (secondary N) is 1.